The van der Waals surface area contributed by atoms with Crippen molar-refractivity contribution in [2.45, 2.75) is 64.1 Å². The fourth-order valence-corrected chi connectivity index (χ4v) is 5.79. The summed E-state index contributed by atoms with van der Waals surface area (Å²) < 4.78 is 5.81. The number of rotatable bonds is 7. The molecule has 2 aromatic heterocycles. The van der Waals surface area contributed by atoms with E-state index in [-0.39, 0.29) is 5.43 Å². The summed E-state index contributed by atoms with van der Waals surface area (Å²) in [6.45, 7) is 4.81. The molecule has 3 aromatic rings. The highest BCUT2D eigenvalue weighted by atomic mass is 16.3. The van der Waals surface area contributed by atoms with Gasteiger partial charge in [0.1, 0.15) is 5.58 Å². The van der Waals surface area contributed by atoms with Gasteiger partial charge in [-0.05, 0) is 61.9 Å². The third-order valence-corrected chi connectivity index (χ3v) is 7.43. The van der Waals surface area contributed by atoms with Crippen LogP contribution in [-0.2, 0) is 13.1 Å². The molecule has 0 spiro atoms. The van der Waals surface area contributed by atoms with Gasteiger partial charge in [0.25, 0.3) is 0 Å². The quantitative estimate of drug-likeness (QED) is 0.498. The molecule has 5 nitrogen and oxygen atoms in total. The maximum Gasteiger partial charge on any atom is 0.197 e. The zero-order valence-corrected chi connectivity index (χ0v) is 19.5. The van der Waals surface area contributed by atoms with Gasteiger partial charge in [-0.1, -0.05) is 37.5 Å². The van der Waals surface area contributed by atoms with E-state index in [1.54, 1.807) is 6.26 Å². The van der Waals surface area contributed by atoms with Gasteiger partial charge in [0.2, 0.25) is 0 Å². The molecular formula is C28H35N3O2. The standard InChI is InChI=1S/C28H35N3O2/c32-28-24(21-33-27-13-5-4-12-26(27)28)20-30(17-22-8-6-14-29-16-22)18-23-9-7-15-31(19-23)25-10-2-1-3-11-25/h4-6,8,12-14,16,21,23,25H,1-3,7,9-11,15,17-20H2. The van der Waals surface area contributed by atoms with E-state index in [1.807, 2.05) is 42.7 Å². The Bertz CT molecular complexity index is 1090. The molecule has 0 radical (unpaired) electrons. The molecule has 1 aliphatic heterocycles. The van der Waals surface area contributed by atoms with E-state index < -0.39 is 0 Å². The van der Waals surface area contributed by atoms with Crippen molar-refractivity contribution in [2.75, 3.05) is 19.6 Å². The molecule has 1 saturated carbocycles. The molecule has 1 saturated heterocycles. The van der Waals surface area contributed by atoms with Gasteiger partial charge in [0.05, 0.1) is 11.6 Å². The lowest BCUT2D eigenvalue weighted by atomic mass is 9.90. The smallest absolute Gasteiger partial charge is 0.197 e. The molecular weight excluding hydrogens is 410 g/mol. The van der Waals surface area contributed by atoms with Crippen LogP contribution in [0.2, 0.25) is 0 Å². The van der Waals surface area contributed by atoms with Crippen molar-refractivity contribution in [3.63, 3.8) is 0 Å². The number of pyridine rings is 1. The lowest BCUT2D eigenvalue weighted by molar-refractivity contribution is 0.0769. The second-order valence-electron chi connectivity index (χ2n) is 9.91. The largest absolute Gasteiger partial charge is 0.464 e. The molecule has 5 heteroatoms. The van der Waals surface area contributed by atoms with Crippen LogP contribution in [0.4, 0.5) is 0 Å². The zero-order chi connectivity index (χ0) is 22.5. The summed E-state index contributed by atoms with van der Waals surface area (Å²) in [5, 5.41) is 0.664. The molecule has 5 rings (SSSR count). The molecule has 1 aliphatic carbocycles. The normalized spacial score (nSPS) is 20.5. The Kier molecular flexibility index (Phi) is 7.18. The van der Waals surface area contributed by atoms with Gasteiger partial charge in [0, 0.05) is 50.2 Å². The first kappa shape index (κ1) is 22.3. The topological polar surface area (TPSA) is 49.6 Å². The number of hydrogen-bond acceptors (Lipinski definition) is 5. The second kappa shape index (κ2) is 10.6. The Morgan fingerprint density at radius 3 is 2.73 bits per heavy atom. The Labute approximate surface area is 196 Å². The first-order valence-corrected chi connectivity index (χ1v) is 12.6. The van der Waals surface area contributed by atoms with Crippen LogP contribution >= 0.6 is 0 Å². The molecule has 3 heterocycles. The summed E-state index contributed by atoms with van der Waals surface area (Å²) >= 11 is 0. The summed E-state index contributed by atoms with van der Waals surface area (Å²) in [7, 11) is 0. The number of fused-ring (bicyclic) bond motifs is 1. The van der Waals surface area contributed by atoms with Gasteiger partial charge in [-0.3, -0.25) is 14.7 Å². The van der Waals surface area contributed by atoms with Crippen LogP contribution < -0.4 is 5.43 Å². The van der Waals surface area contributed by atoms with Crippen LogP contribution in [0.5, 0.6) is 0 Å². The van der Waals surface area contributed by atoms with Gasteiger partial charge in [0.15, 0.2) is 5.43 Å². The van der Waals surface area contributed by atoms with Crippen LogP contribution in [0, 0.1) is 5.92 Å². The fourth-order valence-electron chi connectivity index (χ4n) is 5.79. The van der Waals surface area contributed by atoms with Gasteiger partial charge >= 0.3 is 0 Å². The maximum atomic E-state index is 13.2. The number of para-hydroxylation sites is 1. The average Bonchev–Trinajstić information content (AvgIpc) is 2.87. The van der Waals surface area contributed by atoms with E-state index in [2.05, 4.69) is 20.9 Å². The van der Waals surface area contributed by atoms with Crippen molar-refractivity contribution in [3.8, 4) is 0 Å². The highest BCUT2D eigenvalue weighted by Crippen LogP contribution is 2.28. The van der Waals surface area contributed by atoms with E-state index >= 15 is 0 Å². The fraction of sp³-hybridized carbons (Fsp3) is 0.500. The summed E-state index contributed by atoms with van der Waals surface area (Å²) in [6, 6.07) is 12.4. The lowest BCUT2D eigenvalue weighted by Gasteiger charge is -2.41. The van der Waals surface area contributed by atoms with Crippen molar-refractivity contribution in [3.05, 3.63) is 76.4 Å². The minimum atomic E-state index is 0.0838. The van der Waals surface area contributed by atoms with Gasteiger partial charge < -0.3 is 9.32 Å². The third-order valence-electron chi connectivity index (χ3n) is 7.43. The lowest BCUT2D eigenvalue weighted by Crippen LogP contribution is -2.46. The molecule has 1 unspecified atom stereocenters. The summed E-state index contributed by atoms with van der Waals surface area (Å²) in [4.78, 5) is 22.7. The van der Waals surface area contributed by atoms with Crippen LogP contribution in [-0.4, -0.2) is 40.5 Å². The number of benzene rings is 1. The van der Waals surface area contributed by atoms with Gasteiger partial charge in [-0.25, -0.2) is 0 Å². The first-order chi connectivity index (χ1) is 16.3. The summed E-state index contributed by atoms with van der Waals surface area (Å²) in [6.07, 6.45) is 14.9. The minimum absolute atomic E-state index is 0.0838. The second-order valence-corrected chi connectivity index (χ2v) is 9.91. The molecule has 2 aliphatic rings. The number of likely N-dealkylation sites (tertiary alicyclic amines) is 1. The predicted octanol–water partition coefficient (Wildman–Crippen LogP) is 5.23. The van der Waals surface area contributed by atoms with E-state index in [0.717, 1.165) is 24.7 Å². The number of piperidine rings is 1. The van der Waals surface area contributed by atoms with Crippen molar-refractivity contribution in [1.29, 1.82) is 0 Å². The number of aromatic nitrogens is 1. The predicted molar refractivity (Wildman–Crippen MR) is 132 cm³/mol. The van der Waals surface area contributed by atoms with Crippen molar-refractivity contribution in [1.82, 2.24) is 14.8 Å². The van der Waals surface area contributed by atoms with Crippen LogP contribution in [0.1, 0.15) is 56.1 Å². The Hall–Kier alpha value is -2.50. The van der Waals surface area contributed by atoms with Crippen LogP contribution in [0.3, 0.4) is 0 Å². The zero-order valence-electron chi connectivity index (χ0n) is 19.5. The van der Waals surface area contributed by atoms with Crippen LogP contribution in [0.25, 0.3) is 11.0 Å². The van der Waals surface area contributed by atoms with E-state index in [1.165, 1.54) is 63.6 Å². The molecule has 0 amide bonds. The first-order valence-electron chi connectivity index (χ1n) is 12.6. The Morgan fingerprint density at radius 2 is 1.88 bits per heavy atom. The summed E-state index contributed by atoms with van der Waals surface area (Å²) in [5.41, 5.74) is 2.65. The maximum absolute atomic E-state index is 13.2. The Morgan fingerprint density at radius 1 is 1.00 bits per heavy atom. The van der Waals surface area contributed by atoms with E-state index in [4.69, 9.17) is 4.42 Å². The van der Waals surface area contributed by atoms with Crippen molar-refractivity contribution in [2.24, 2.45) is 5.92 Å². The van der Waals surface area contributed by atoms with Crippen LogP contribution in [0.15, 0.2) is 64.3 Å². The van der Waals surface area contributed by atoms with Gasteiger partial charge in [-0.15, -0.1) is 0 Å². The molecule has 1 aromatic carbocycles. The molecule has 1 atom stereocenters. The van der Waals surface area contributed by atoms with Crippen molar-refractivity contribution < 1.29 is 4.42 Å². The Balaban J connectivity index is 1.33. The molecule has 2 fully saturated rings. The highest BCUT2D eigenvalue weighted by molar-refractivity contribution is 5.76. The third kappa shape index (κ3) is 5.53. The summed E-state index contributed by atoms with van der Waals surface area (Å²) in [5.74, 6) is 0.629. The molecule has 0 bridgehead atoms. The van der Waals surface area contributed by atoms with Crippen molar-refractivity contribution >= 4 is 11.0 Å². The van der Waals surface area contributed by atoms with Gasteiger partial charge in [-0.2, -0.15) is 0 Å². The molecule has 33 heavy (non-hydrogen) atoms. The van der Waals surface area contributed by atoms with E-state index in [9.17, 15) is 4.79 Å². The monoisotopic (exact) mass is 445 g/mol. The number of nitrogens with zero attached hydrogens (tertiary/aromatic N) is 3. The van der Waals surface area contributed by atoms with E-state index in [0.29, 0.717) is 23.4 Å². The number of hydrogen-bond donors (Lipinski definition) is 0. The molecule has 0 N–H and O–H groups in total. The molecule has 174 valence electrons. The average molecular weight is 446 g/mol. The minimum Gasteiger partial charge on any atom is -0.464 e. The SMILES string of the molecule is O=c1c(CN(Cc2cccnc2)CC2CCCN(C3CCCCC3)C2)coc2ccccc12. The highest BCUT2D eigenvalue weighted by Gasteiger charge is 2.28.